The molecule has 48 heavy (non-hydrogen) atoms. The zero-order chi connectivity index (χ0) is 33.1. The van der Waals surface area contributed by atoms with E-state index in [0.29, 0.717) is 34.3 Å². The van der Waals surface area contributed by atoms with E-state index in [1.807, 2.05) is 54.6 Å². The third kappa shape index (κ3) is 5.04. The SMILES string of the molecule is COc1cc([C@H]2c3cc4c(cc3[C@@H](O[C@H]3O[C@H]5COC(c6ccccc6)O[C@@H]5[C@@H](O)[C@@H]3O)[C@@H]3COC(=O)[C@@H]23)OCO4)cc(OC)c1OC. The Hall–Kier alpha value is -4.11. The number of aliphatic hydroxyl groups is 2. The first kappa shape index (κ1) is 31.2. The van der Waals surface area contributed by atoms with Gasteiger partial charge in [-0.2, -0.15) is 0 Å². The van der Waals surface area contributed by atoms with Crippen LogP contribution in [0.1, 0.15) is 40.6 Å². The van der Waals surface area contributed by atoms with Gasteiger partial charge in [0.15, 0.2) is 35.6 Å². The van der Waals surface area contributed by atoms with Gasteiger partial charge in [0, 0.05) is 17.4 Å². The maximum atomic E-state index is 13.6. The van der Waals surface area contributed by atoms with Crippen molar-refractivity contribution < 1.29 is 62.4 Å². The molecule has 3 fully saturated rings. The average molecular weight is 665 g/mol. The van der Waals surface area contributed by atoms with Gasteiger partial charge in [-0.3, -0.25) is 4.79 Å². The molecule has 0 spiro atoms. The van der Waals surface area contributed by atoms with Gasteiger partial charge < -0.3 is 57.6 Å². The third-order valence-corrected chi connectivity index (χ3v) is 9.85. The number of rotatable bonds is 7. The summed E-state index contributed by atoms with van der Waals surface area (Å²) in [4.78, 5) is 13.6. The van der Waals surface area contributed by atoms with Gasteiger partial charge in [0.1, 0.15) is 24.4 Å². The lowest BCUT2D eigenvalue weighted by atomic mass is 9.66. The van der Waals surface area contributed by atoms with Crippen LogP contribution in [-0.4, -0.2) is 88.2 Å². The summed E-state index contributed by atoms with van der Waals surface area (Å²) in [5.74, 6) is 0.203. The average Bonchev–Trinajstić information content (AvgIpc) is 3.75. The Kier molecular flexibility index (Phi) is 8.06. The van der Waals surface area contributed by atoms with E-state index in [0.717, 1.165) is 16.7 Å². The van der Waals surface area contributed by atoms with Gasteiger partial charge in [0.05, 0.1) is 46.6 Å². The first-order chi connectivity index (χ1) is 23.4. The molecule has 1 aliphatic carbocycles. The van der Waals surface area contributed by atoms with Crippen LogP contribution in [0.15, 0.2) is 54.6 Å². The molecule has 4 heterocycles. The summed E-state index contributed by atoms with van der Waals surface area (Å²) in [5.41, 5.74) is 2.95. The fourth-order valence-corrected chi connectivity index (χ4v) is 7.58. The van der Waals surface area contributed by atoms with Gasteiger partial charge in [-0.05, 0) is 41.0 Å². The maximum Gasteiger partial charge on any atom is 0.310 e. The zero-order valence-corrected chi connectivity index (χ0v) is 26.5. The van der Waals surface area contributed by atoms with Gasteiger partial charge in [-0.15, -0.1) is 0 Å². The number of esters is 1. The summed E-state index contributed by atoms with van der Waals surface area (Å²) in [5, 5.41) is 22.6. The first-order valence-electron chi connectivity index (χ1n) is 15.8. The Morgan fingerprint density at radius 2 is 1.48 bits per heavy atom. The molecule has 8 rings (SSSR count). The molecule has 13 heteroatoms. The lowest BCUT2D eigenvalue weighted by Crippen LogP contribution is -2.62. The topological polar surface area (TPSA) is 150 Å². The summed E-state index contributed by atoms with van der Waals surface area (Å²) >= 11 is 0. The molecule has 13 nitrogen and oxygen atoms in total. The van der Waals surface area contributed by atoms with Crippen LogP contribution in [0.5, 0.6) is 28.7 Å². The van der Waals surface area contributed by atoms with Crippen LogP contribution >= 0.6 is 0 Å². The molecule has 4 aliphatic heterocycles. The minimum atomic E-state index is -1.47. The number of methoxy groups -OCH3 is 3. The first-order valence-corrected chi connectivity index (χ1v) is 15.8. The Morgan fingerprint density at radius 3 is 2.17 bits per heavy atom. The van der Waals surface area contributed by atoms with E-state index in [-0.39, 0.29) is 20.0 Å². The number of ether oxygens (including phenoxy) is 10. The second-order valence-electron chi connectivity index (χ2n) is 12.3. The number of carbonyl (C=O) groups is 1. The fraction of sp³-hybridized carbons (Fsp3) is 0.457. The monoisotopic (exact) mass is 664 g/mol. The van der Waals surface area contributed by atoms with E-state index >= 15 is 0 Å². The van der Waals surface area contributed by atoms with Crippen molar-refractivity contribution in [1.29, 1.82) is 0 Å². The summed E-state index contributed by atoms with van der Waals surface area (Å²) in [6.07, 6.45) is -7.19. The highest BCUT2D eigenvalue weighted by molar-refractivity contribution is 5.79. The Balaban J connectivity index is 1.15. The molecule has 10 atom stereocenters. The van der Waals surface area contributed by atoms with Crippen molar-refractivity contribution in [2.75, 3.05) is 41.3 Å². The van der Waals surface area contributed by atoms with E-state index < -0.39 is 66.8 Å². The highest BCUT2D eigenvalue weighted by atomic mass is 16.8. The molecule has 3 saturated heterocycles. The van der Waals surface area contributed by atoms with Gasteiger partial charge in [0.25, 0.3) is 0 Å². The predicted octanol–water partition coefficient (Wildman–Crippen LogP) is 2.99. The van der Waals surface area contributed by atoms with Crippen molar-refractivity contribution in [3.8, 4) is 28.7 Å². The molecule has 3 aromatic carbocycles. The Morgan fingerprint density at radius 1 is 0.771 bits per heavy atom. The van der Waals surface area contributed by atoms with Crippen LogP contribution in [0.3, 0.4) is 0 Å². The van der Waals surface area contributed by atoms with Crippen molar-refractivity contribution >= 4 is 5.97 Å². The van der Waals surface area contributed by atoms with Crippen LogP contribution in [0, 0.1) is 11.8 Å². The second kappa shape index (κ2) is 12.4. The van der Waals surface area contributed by atoms with Gasteiger partial charge >= 0.3 is 5.97 Å². The number of cyclic esters (lactones) is 1. The quantitative estimate of drug-likeness (QED) is 0.357. The molecule has 254 valence electrons. The standard InChI is InChI=1S/C35H36O13/c1-39-23-9-17(10-24(40-2)31(23)41-3)26-18-11-21-22(45-15-44-21)12-19(18)30(20-13-42-33(38)27(20)26)47-35-29(37)28(36)32-25(46-35)14-43-34(48-32)16-7-5-4-6-8-16/h4-12,20,25-30,32,34-37H,13-15H2,1-3H3/t20-,25+,26+,27-,28+,29+,30-,32+,34?,35-/m1/s1. The van der Waals surface area contributed by atoms with Crippen molar-refractivity contribution in [3.05, 3.63) is 76.9 Å². The van der Waals surface area contributed by atoms with Crippen molar-refractivity contribution in [2.24, 2.45) is 11.8 Å². The Bertz CT molecular complexity index is 1650. The molecular weight excluding hydrogens is 628 g/mol. The molecule has 5 aliphatic rings. The number of hydrogen-bond donors (Lipinski definition) is 2. The summed E-state index contributed by atoms with van der Waals surface area (Å²) in [6, 6.07) is 16.7. The molecule has 0 radical (unpaired) electrons. The molecule has 0 saturated carbocycles. The lowest BCUT2D eigenvalue weighted by Gasteiger charge is -2.48. The molecule has 0 bridgehead atoms. The predicted molar refractivity (Wildman–Crippen MR) is 163 cm³/mol. The van der Waals surface area contributed by atoms with E-state index in [1.54, 1.807) is 0 Å². The third-order valence-electron chi connectivity index (χ3n) is 9.85. The van der Waals surface area contributed by atoms with Crippen LogP contribution in [0.4, 0.5) is 0 Å². The lowest BCUT2D eigenvalue weighted by molar-refractivity contribution is -0.369. The minimum Gasteiger partial charge on any atom is -0.493 e. The molecule has 0 amide bonds. The largest absolute Gasteiger partial charge is 0.493 e. The molecule has 1 unspecified atom stereocenters. The second-order valence-corrected chi connectivity index (χ2v) is 12.3. The fourth-order valence-electron chi connectivity index (χ4n) is 7.58. The number of carbonyl (C=O) groups excluding carboxylic acids is 1. The molecule has 3 aromatic rings. The molecule has 0 aromatic heterocycles. The van der Waals surface area contributed by atoms with E-state index in [1.165, 1.54) is 21.3 Å². The van der Waals surface area contributed by atoms with E-state index in [2.05, 4.69) is 0 Å². The number of aliphatic hydroxyl groups excluding tert-OH is 2. The summed E-state index contributed by atoms with van der Waals surface area (Å²) < 4.78 is 58.9. The van der Waals surface area contributed by atoms with Gasteiger partial charge in [-0.1, -0.05) is 30.3 Å². The minimum absolute atomic E-state index is 0.0389. The maximum absolute atomic E-state index is 13.6. The van der Waals surface area contributed by atoms with Crippen LogP contribution in [0.25, 0.3) is 0 Å². The Labute approximate surface area is 276 Å². The molecular formula is C35H36O13. The smallest absolute Gasteiger partial charge is 0.310 e. The normalized spacial score (nSPS) is 33.2. The van der Waals surface area contributed by atoms with Crippen LogP contribution < -0.4 is 23.7 Å². The highest BCUT2D eigenvalue weighted by Gasteiger charge is 2.56. The number of benzene rings is 3. The van der Waals surface area contributed by atoms with E-state index in [9.17, 15) is 15.0 Å². The van der Waals surface area contributed by atoms with Crippen LogP contribution in [0.2, 0.25) is 0 Å². The van der Waals surface area contributed by atoms with Crippen LogP contribution in [-0.2, 0) is 28.5 Å². The number of fused-ring (bicyclic) bond motifs is 4. The highest BCUT2D eigenvalue weighted by Crippen LogP contribution is 2.57. The van der Waals surface area contributed by atoms with E-state index in [4.69, 9.17) is 47.4 Å². The van der Waals surface area contributed by atoms with Crippen molar-refractivity contribution in [1.82, 2.24) is 0 Å². The van der Waals surface area contributed by atoms with Gasteiger partial charge in [-0.25, -0.2) is 0 Å². The summed E-state index contributed by atoms with van der Waals surface area (Å²) in [7, 11) is 4.59. The van der Waals surface area contributed by atoms with Gasteiger partial charge in [0.2, 0.25) is 12.5 Å². The van der Waals surface area contributed by atoms with Crippen molar-refractivity contribution in [2.45, 2.75) is 49.0 Å². The zero-order valence-electron chi connectivity index (χ0n) is 26.5. The number of hydrogen-bond acceptors (Lipinski definition) is 13. The van der Waals surface area contributed by atoms with Crippen molar-refractivity contribution in [3.63, 3.8) is 0 Å². The summed E-state index contributed by atoms with van der Waals surface area (Å²) in [6.45, 7) is 0.202. The molecule has 2 N–H and O–H groups in total.